The molecule has 2 aromatic rings. The van der Waals surface area contributed by atoms with Crippen molar-refractivity contribution in [3.63, 3.8) is 0 Å². The van der Waals surface area contributed by atoms with E-state index in [0.29, 0.717) is 0 Å². The van der Waals surface area contributed by atoms with E-state index < -0.39 is 16.4 Å². The van der Waals surface area contributed by atoms with E-state index in [1.807, 2.05) is 0 Å². The molecule has 128 valence electrons. The molecule has 9 nitrogen and oxygen atoms in total. The molecule has 2 rings (SSSR count). The van der Waals surface area contributed by atoms with Gasteiger partial charge >= 0.3 is 0 Å². The van der Waals surface area contributed by atoms with Crippen LogP contribution in [0.25, 0.3) is 4.85 Å². The number of hydrogen-bond acceptors (Lipinski definition) is 6. The van der Waals surface area contributed by atoms with Crippen LogP contribution in [0, 0.1) is 23.6 Å². The van der Waals surface area contributed by atoms with Crippen molar-refractivity contribution in [2.75, 3.05) is 0 Å². The van der Waals surface area contributed by atoms with Gasteiger partial charge in [-0.25, -0.2) is 4.85 Å². The van der Waals surface area contributed by atoms with Crippen molar-refractivity contribution in [2.45, 2.75) is 20.4 Å². The smallest absolute Gasteiger partial charge is 0.298 e. The molecular formula is C15H12ClN5O4. The predicted molar refractivity (Wildman–Crippen MR) is 91.3 cm³/mol. The standard InChI is InChI=1S/C15H12ClN5O4/c1-4-20-14(22)12(17-3)8(2)13(15(20)23)19-18-10-6-5-9(16)7-11(10)21(24)25/h5-7,22H,4H2,1-2H3. The van der Waals surface area contributed by atoms with E-state index in [9.17, 15) is 20.0 Å². The van der Waals surface area contributed by atoms with Crippen LogP contribution in [0.3, 0.4) is 0 Å². The average molecular weight is 362 g/mol. The Bertz CT molecular complexity index is 991. The molecule has 0 radical (unpaired) electrons. The van der Waals surface area contributed by atoms with E-state index in [1.165, 1.54) is 19.1 Å². The molecule has 0 aliphatic carbocycles. The summed E-state index contributed by atoms with van der Waals surface area (Å²) < 4.78 is 0.977. The second-order valence-corrected chi connectivity index (χ2v) is 5.33. The van der Waals surface area contributed by atoms with Crippen LogP contribution in [0.2, 0.25) is 5.02 Å². The molecule has 0 atom stereocenters. The van der Waals surface area contributed by atoms with Crippen LogP contribution >= 0.6 is 11.6 Å². The third-order valence-electron chi connectivity index (χ3n) is 3.45. The third-order valence-corrected chi connectivity index (χ3v) is 3.68. The van der Waals surface area contributed by atoms with Crippen LogP contribution in [0.15, 0.2) is 33.2 Å². The summed E-state index contributed by atoms with van der Waals surface area (Å²) in [6.45, 7) is 10.3. The van der Waals surface area contributed by atoms with Crippen molar-refractivity contribution in [3.8, 4) is 5.88 Å². The highest BCUT2D eigenvalue weighted by Crippen LogP contribution is 2.36. The van der Waals surface area contributed by atoms with Crippen molar-refractivity contribution in [1.82, 2.24) is 4.57 Å². The first kappa shape index (κ1) is 18.1. The number of nitro groups is 1. The third kappa shape index (κ3) is 3.34. The van der Waals surface area contributed by atoms with Crippen molar-refractivity contribution in [1.29, 1.82) is 0 Å². The van der Waals surface area contributed by atoms with Gasteiger partial charge in [0.1, 0.15) is 5.69 Å². The van der Waals surface area contributed by atoms with Crippen LogP contribution in [-0.2, 0) is 6.54 Å². The molecule has 0 spiro atoms. The molecule has 0 aliphatic rings. The number of aromatic nitrogens is 1. The van der Waals surface area contributed by atoms with E-state index >= 15 is 0 Å². The largest absolute Gasteiger partial charge is 0.503 e. The van der Waals surface area contributed by atoms with Crippen LogP contribution in [0.5, 0.6) is 5.88 Å². The molecule has 0 saturated carbocycles. The fourth-order valence-electron chi connectivity index (χ4n) is 2.17. The number of benzene rings is 1. The Morgan fingerprint density at radius 3 is 2.68 bits per heavy atom. The van der Waals surface area contributed by atoms with Crippen LogP contribution in [-0.4, -0.2) is 14.6 Å². The zero-order valence-electron chi connectivity index (χ0n) is 13.2. The van der Waals surface area contributed by atoms with Crippen molar-refractivity contribution in [2.24, 2.45) is 10.2 Å². The summed E-state index contributed by atoms with van der Waals surface area (Å²) in [5.74, 6) is -0.448. The topological polar surface area (TPSA) is 114 Å². The highest BCUT2D eigenvalue weighted by atomic mass is 35.5. The Morgan fingerprint density at radius 1 is 1.44 bits per heavy atom. The summed E-state index contributed by atoms with van der Waals surface area (Å²) in [7, 11) is 0. The number of pyridine rings is 1. The highest BCUT2D eigenvalue weighted by Gasteiger charge is 2.19. The number of azo groups is 1. The summed E-state index contributed by atoms with van der Waals surface area (Å²) in [4.78, 5) is 26.0. The Labute approximate surface area is 146 Å². The summed E-state index contributed by atoms with van der Waals surface area (Å²) >= 11 is 5.73. The minimum Gasteiger partial charge on any atom is -0.503 e. The Balaban J connectivity index is 2.67. The fourth-order valence-corrected chi connectivity index (χ4v) is 2.33. The number of aromatic hydroxyl groups is 1. The van der Waals surface area contributed by atoms with Crippen molar-refractivity contribution in [3.05, 3.63) is 60.7 Å². The van der Waals surface area contributed by atoms with Gasteiger partial charge in [0.25, 0.3) is 11.2 Å². The van der Waals surface area contributed by atoms with Gasteiger partial charge < -0.3 is 5.11 Å². The normalized spacial score (nSPS) is 10.8. The lowest BCUT2D eigenvalue weighted by Crippen LogP contribution is -2.19. The average Bonchev–Trinajstić information content (AvgIpc) is 2.56. The number of nitro benzene ring substituents is 1. The molecular weight excluding hydrogens is 350 g/mol. The first-order valence-electron chi connectivity index (χ1n) is 7.01. The molecule has 1 aromatic carbocycles. The second-order valence-electron chi connectivity index (χ2n) is 4.90. The molecule has 1 aromatic heterocycles. The molecule has 10 heteroatoms. The highest BCUT2D eigenvalue weighted by molar-refractivity contribution is 6.30. The first-order valence-corrected chi connectivity index (χ1v) is 7.39. The summed E-state index contributed by atoms with van der Waals surface area (Å²) in [5, 5.41) is 28.8. The molecule has 0 unspecified atom stereocenters. The van der Waals surface area contributed by atoms with Gasteiger partial charge in [-0.2, -0.15) is 0 Å². The van der Waals surface area contributed by atoms with Gasteiger partial charge in [0.05, 0.1) is 11.5 Å². The molecule has 0 fully saturated rings. The maximum atomic E-state index is 12.4. The maximum Gasteiger partial charge on any atom is 0.298 e. The van der Waals surface area contributed by atoms with E-state index in [-0.39, 0.29) is 39.9 Å². The number of rotatable bonds is 4. The Hall–Kier alpha value is -3.25. The van der Waals surface area contributed by atoms with Gasteiger partial charge in [-0.3, -0.25) is 19.5 Å². The molecule has 0 amide bonds. The summed E-state index contributed by atoms with van der Waals surface area (Å²) in [6.07, 6.45) is 0. The van der Waals surface area contributed by atoms with E-state index in [0.717, 1.165) is 10.6 Å². The molecule has 0 saturated heterocycles. The summed E-state index contributed by atoms with van der Waals surface area (Å²) in [6, 6.07) is 3.82. The SMILES string of the molecule is [C-]#[N+]c1c(C)c(N=Nc2ccc(Cl)cc2[N+](=O)[O-])c(=O)n(CC)c1O. The minimum atomic E-state index is -0.668. The minimum absolute atomic E-state index is 0.0892. The zero-order valence-corrected chi connectivity index (χ0v) is 14.0. The Kier molecular flexibility index (Phi) is 5.14. The monoisotopic (exact) mass is 361 g/mol. The maximum absolute atomic E-state index is 12.4. The van der Waals surface area contributed by atoms with Crippen LogP contribution in [0.4, 0.5) is 22.7 Å². The first-order chi connectivity index (χ1) is 11.8. The fraction of sp³-hybridized carbons (Fsp3) is 0.200. The lowest BCUT2D eigenvalue weighted by molar-refractivity contribution is -0.384. The lowest BCUT2D eigenvalue weighted by Gasteiger charge is -2.11. The summed E-state index contributed by atoms with van der Waals surface area (Å²) in [5.41, 5.74) is -1.26. The quantitative estimate of drug-likeness (QED) is 0.376. The van der Waals surface area contributed by atoms with Gasteiger partial charge in [0, 0.05) is 17.6 Å². The van der Waals surface area contributed by atoms with Crippen molar-refractivity contribution < 1.29 is 10.0 Å². The van der Waals surface area contributed by atoms with Gasteiger partial charge in [-0.15, -0.1) is 10.2 Å². The predicted octanol–water partition coefficient (Wildman–Crippen LogP) is 4.41. The number of halogens is 1. The molecule has 25 heavy (non-hydrogen) atoms. The number of hydrogen-bond donors (Lipinski definition) is 1. The van der Waals surface area contributed by atoms with Gasteiger partial charge in [-0.05, 0) is 31.5 Å². The zero-order chi connectivity index (χ0) is 18.7. The van der Waals surface area contributed by atoms with E-state index in [2.05, 4.69) is 15.1 Å². The lowest BCUT2D eigenvalue weighted by atomic mass is 10.2. The Morgan fingerprint density at radius 2 is 2.12 bits per heavy atom. The number of nitrogens with zero attached hydrogens (tertiary/aromatic N) is 5. The molecule has 1 heterocycles. The van der Waals surface area contributed by atoms with Gasteiger partial charge in [-0.1, -0.05) is 11.6 Å². The molecule has 0 bridgehead atoms. The van der Waals surface area contributed by atoms with Crippen LogP contribution in [0.1, 0.15) is 12.5 Å². The van der Waals surface area contributed by atoms with Gasteiger partial charge in [0.15, 0.2) is 11.6 Å². The van der Waals surface area contributed by atoms with Gasteiger partial charge in [0.2, 0.25) is 5.69 Å². The van der Waals surface area contributed by atoms with E-state index in [4.69, 9.17) is 18.2 Å². The molecule has 1 N–H and O–H groups in total. The van der Waals surface area contributed by atoms with Crippen molar-refractivity contribution >= 4 is 34.4 Å². The van der Waals surface area contributed by atoms with Crippen LogP contribution < -0.4 is 5.56 Å². The van der Waals surface area contributed by atoms with E-state index in [1.54, 1.807) is 6.92 Å². The molecule has 0 aliphatic heterocycles. The second kappa shape index (κ2) is 7.11.